The molecule has 1 saturated heterocycles. The van der Waals surface area contributed by atoms with E-state index >= 15 is 0 Å². The number of methoxy groups -OCH3 is 1. The molecule has 0 spiro atoms. The van der Waals surface area contributed by atoms with Crippen LogP contribution in [0.15, 0.2) is 48.5 Å². The first-order chi connectivity index (χ1) is 16.0. The summed E-state index contributed by atoms with van der Waals surface area (Å²) in [5.74, 6) is -1.40. The summed E-state index contributed by atoms with van der Waals surface area (Å²) in [6.07, 6.45) is -0.0720. The molecule has 0 radical (unpaired) electrons. The molecule has 2 aliphatic rings. The molecule has 8 heteroatoms. The van der Waals surface area contributed by atoms with E-state index in [2.05, 4.69) is 29.6 Å². The minimum atomic E-state index is -1.01. The number of alkyl carbamates (subject to hydrolysis) is 1. The van der Waals surface area contributed by atoms with Crippen LogP contribution >= 0.6 is 0 Å². The van der Waals surface area contributed by atoms with E-state index in [9.17, 15) is 19.5 Å². The molecule has 1 fully saturated rings. The molecule has 2 atom stereocenters. The predicted octanol–water partition coefficient (Wildman–Crippen LogP) is 3.01. The maximum Gasteiger partial charge on any atom is 0.407 e. The number of nitrogens with zero attached hydrogens (tertiary/aromatic N) is 1. The molecule has 0 bridgehead atoms. The Bertz CT molecular complexity index is 994. The molecule has 8 nitrogen and oxygen atoms in total. The summed E-state index contributed by atoms with van der Waals surface area (Å²) in [6.45, 7) is 0.780. The molecule has 0 aromatic heterocycles. The third-order valence-corrected chi connectivity index (χ3v) is 6.40. The summed E-state index contributed by atoms with van der Waals surface area (Å²) < 4.78 is 10.8. The first kappa shape index (κ1) is 22.8. The van der Waals surface area contributed by atoms with Crippen LogP contribution in [0.25, 0.3) is 11.1 Å². The number of hydrogen-bond acceptors (Lipinski definition) is 5. The van der Waals surface area contributed by atoms with Crippen LogP contribution in [-0.2, 0) is 19.1 Å². The van der Waals surface area contributed by atoms with E-state index in [4.69, 9.17) is 9.47 Å². The summed E-state index contributed by atoms with van der Waals surface area (Å²) in [5, 5.41) is 12.0. The van der Waals surface area contributed by atoms with Crippen LogP contribution in [-0.4, -0.2) is 66.9 Å². The fourth-order valence-electron chi connectivity index (χ4n) is 4.77. The Hall–Kier alpha value is -3.39. The lowest BCUT2D eigenvalue weighted by Gasteiger charge is -2.26. The highest BCUT2D eigenvalue weighted by Crippen LogP contribution is 2.44. The predicted molar refractivity (Wildman–Crippen MR) is 121 cm³/mol. The van der Waals surface area contributed by atoms with Crippen LogP contribution in [0.3, 0.4) is 0 Å². The van der Waals surface area contributed by atoms with Gasteiger partial charge in [0.1, 0.15) is 18.8 Å². The van der Waals surface area contributed by atoms with Crippen LogP contribution in [0.5, 0.6) is 0 Å². The van der Waals surface area contributed by atoms with Crippen LogP contribution in [0, 0.1) is 0 Å². The van der Waals surface area contributed by atoms with Gasteiger partial charge in [-0.2, -0.15) is 0 Å². The van der Waals surface area contributed by atoms with E-state index < -0.39 is 24.2 Å². The number of carboxylic acids is 1. The van der Waals surface area contributed by atoms with Crippen molar-refractivity contribution in [2.24, 2.45) is 0 Å². The maximum atomic E-state index is 12.7. The van der Waals surface area contributed by atoms with Crippen LogP contribution in [0.1, 0.15) is 36.3 Å². The van der Waals surface area contributed by atoms with Crippen LogP contribution in [0.2, 0.25) is 0 Å². The number of ether oxygens (including phenoxy) is 2. The molecule has 4 rings (SSSR count). The minimum absolute atomic E-state index is 0.0282. The van der Waals surface area contributed by atoms with E-state index in [-0.39, 0.29) is 31.4 Å². The Kier molecular flexibility index (Phi) is 6.93. The Labute approximate surface area is 192 Å². The fourth-order valence-corrected chi connectivity index (χ4v) is 4.77. The highest BCUT2D eigenvalue weighted by Gasteiger charge is 2.37. The van der Waals surface area contributed by atoms with Gasteiger partial charge in [0.2, 0.25) is 0 Å². The van der Waals surface area contributed by atoms with E-state index in [0.717, 1.165) is 22.3 Å². The number of hydrogen-bond donors (Lipinski definition) is 2. The quantitative estimate of drug-likeness (QED) is 0.638. The number of benzene rings is 2. The summed E-state index contributed by atoms with van der Waals surface area (Å²) in [5.41, 5.74) is 4.58. The van der Waals surface area contributed by atoms with Gasteiger partial charge in [-0.3, -0.25) is 4.79 Å². The third kappa shape index (κ3) is 4.71. The smallest absolute Gasteiger partial charge is 0.407 e. The van der Waals surface area contributed by atoms with Gasteiger partial charge in [0.25, 0.3) is 5.91 Å². The van der Waals surface area contributed by atoms with Crippen molar-refractivity contribution in [1.82, 2.24) is 10.2 Å². The first-order valence-corrected chi connectivity index (χ1v) is 11.2. The number of nitrogens with one attached hydrogen (secondary N) is 1. The Morgan fingerprint density at radius 1 is 1.09 bits per heavy atom. The summed E-state index contributed by atoms with van der Waals surface area (Å²) >= 11 is 0. The van der Waals surface area contributed by atoms with Gasteiger partial charge in [-0.1, -0.05) is 48.5 Å². The van der Waals surface area contributed by atoms with Crippen LogP contribution < -0.4 is 5.32 Å². The lowest BCUT2D eigenvalue weighted by atomic mass is 9.98. The standard InChI is InChI=1S/C25H28N2O6/c1-32-22(23(28)27-14-6-11-21(27)24(29)30)12-13-26-25(31)33-15-20-18-9-4-2-7-16(18)17-8-3-5-10-19(17)20/h2-5,7-10,20-22H,6,11-15H2,1H3,(H,26,31)(H,29,30). The topological polar surface area (TPSA) is 105 Å². The molecule has 2 amide bonds. The van der Waals surface area contributed by atoms with Gasteiger partial charge in [0.05, 0.1) is 0 Å². The third-order valence-electron chi connectivity index (χ3n) is 6.40. The van der Waals surface area contributed by atoms with E-state index in [0.29, 0.717) is 19.4 Å². The highest BCUT2D eigenvalue weighted by atomic mass is 16.5. The van der Waals surface area contributed by atoms with Crippen molar-refractivity contribution in [2.75, 3.05) is 26.8 Å². The molecule has 1 heterocycles. The zero-order valence-electron chi connectivity index (χ0n) is 18.5. The number of carbonyl (C=O) groups excluding carboxylic acids is 2. The van der Waals surface area contributed by atoms with Crippen LogP contribution in [0.4, 0.5) is 4.79 Å². The highest BCUT2D eigenvalue weighted by molar-refractivity contribution is 5.87. The number of carbonyl (C=O) groups is 3. The lowest BCUT2D eigenvalue weighted by Crippen LogP contribution is -2.46. The molecule has 2 aromatic rings. The largest absolute Gasteiger partial charge is 0.480 e. The average molecular weight is 453 g/mol. The average Bonchev–Trinajstić information content (AvgIpc) is 3.44. The first-order valence-electron chi connectivity index (χ1n) is 11.2. The van der Waals surface area contributed by atoms with Gasteiger partial charge >= 0.3 is 12.1 Å². The number of carboxylic acid groups (broad SMARTS) is 1. The van der Waals surface area contributed by atoms with Gasteiger partial charge in [-0.05, 0) is 35.1 Å². The Balaban J connectivity index is 1.29. The molecule has 2 unspecified atom stereocenters. The van der Waals surface area contributed by atoms with E-state index in [1.807, 2.05) is 24.3 Å². The molecular formula is C25H28N2O6. The zero-order valence-corrected chi connectivity index (χ0v) is 18.5. The van der Waals surface area contributed by atoms with Crippen molar-refractivity contribution in [1.29, 1.82) is 0 Å². The minimum Gasteiger partial charge on any atom is -0.480 e. The number of amides is 2. The number of fused-ring (bicyclic) bond motifs is 3. The molecule has 2 N–H and O–H groups in total. The van der Waals surface area contributed by atoms with Gasteiger partial charge in [0, 0.05) is 32.5 Å². The molecule has 174 valence electrons. The van der Waals surface area contributed by atoms with Gasteiger partial charge < -0.3 is 24.8 Å². The van der Waals surface area contributed by atoms with Crippen molar-refractivity contribution < 1.29 is 29.0 Å². The van der Waals surface area contributed by atoms with E-state index in [1.165, 1.54) is 12.0 Å². The molecule has 1 aliphatic heterocycles. The Morgan fingerprint density at radius 2 is 1.73 bits per heavy atom. The number of aliphatic carboxylic acids is 1. The summed E-state index contributed by atoms with van der Waals surface area (Å²) in [7, 11) is 1.40. The molecule has 2 aromatic carbocycles. The van der Waals surface area contributed by atoms with Crippen molar-refractivity contribution in [3.8, 4) is 11.1 Å². The van der Waals surface area contributed by atoms with Crippen molar-refractivity contribution in [3.63, 3.8) is 0 Å². The van der Waals surface area contributed by atoms with Gasteiger partial charge in [0.15, 0.2) is 0 Å². The lowest BCUT2D eigenvalue weighted by molar-refractivity contribution is -0.153. The SMILES string of the molecule is COC(CCNC(=O)OCC1c2ccccc2-c2ccccc21)C(=O)N1CCCC1C(=O)O. The van der Waals surface area contributed by atoms with Gasteiger partial charge in [-0.15, -0.1) is 0 Å². The Morgan fingerprint density at radius 3 is 2.33 bits per heavy atom. The summed E-state index contributed by atoms with van der Waals surface area (Å²) in [4.78, 5) is 37.7. The maximum absolute atomic E-state index is 12.7. The van der Waals surface area contributed by atoms with Crippen molar-refractivity contribution >= 4 is 18.0 Å². The second-order valence-electron chi connectivity index (χ2n) is 8.29. The number of likely N-dealkylation sites (tertiary alicyclic amines) is 1. The molecular weight excluding hydrogens is 424 g/mol. The fraction of sp³-hybridized carbons (Fsp3) is 0.400. The zero-order chi connectivity index (χ0) is 23.4. The van der Waals surface area contributed by atoms with Crippen molar-refractivity contribution in [2.45, 2.75) is 37.3 Å². The monoisotopic (exact) mass is 452 g/mol. The van der Waals surface area contributed by atoms with Crippen molar-refractivity contribution in [3.05, 3.63) is 59.7 Å². The van der Waals surface area contributed by atoms with Gasteiger partial charge in [-0.25, -0.2) is 9.59 Å². The van der Waals surface area contributed by atoms with E-state index in [1.54, 1.807) is 0 Å². The molecule has 33 heavy (non-hydrogen) atoms. The normalized spacial score (nSPS) is 17.8. The second kappa shape index (κ2) is 10.0. The second-order valence-corrected chi connectivity index (χ2v) is 8.29. The number of rotatable bonds is 8. The molecule has 1 aliphatic carbocycles. The summed E-state index contributed by atoms with van der Waals surface area (Å²) in [6, 6.07) is 15.4. The molecule has 0 saturated carbocycles.